The summed E-state index contributed by atoms with van der Waals surface area (Å²) < 4.78 is 9.95. The third-order valence-corrected chi connectivity index (χ3v) is 6.46. The van der Waals surface area contributed by atoms with Crippen molar-refractivity contribution in [3.63, 3.8) is 0 Å². The molecule has 6 nitrogen and oxygen atoms in total. The molecule has 1 saturated carbocycles. The zero-order valence-corrected chi connectivity index (χ0v) is 17.5. The van der Waals surface area contributed by atoms with Crippen LogP contribution in [0, 0.1) is 11.8 Å². The molecule has 31 heavy (non-hydrogen) atoms. The molecule has 0 bridgehead atoms. The summed E-state index contributed by atoms with van der Waals surface area (Å²) in [5.41, 5.74) is -0.534. The molecule has 0 spiro atoms. The first-order valence-electron chi connectivity index (χ1n) is 10.2. The van der Waals surface area contributed by atoms with Gasteiger partial charge in [-0.15, -0.1) is 0 Å². The van der Waals surface area contributed by atoms with E-state index in [0.29, 0.717) is 12.8 Å². The van der Waals surface area contributed by atoms with Gasteiger partial charge in [0.2, 0.25) is 6.08 Å². The number of carbonyl (C=O) groups is 2. The van der Waals surface area contributed by atoms with Crippen LogP contribution in [0.3, 0.4) is 0 Å². The number of hydrogen-bond donors (Lipinski definition) is 0. The summed E-state index contributed by atoms with van der Waals surface area (Å²) in [5, 5.41) is 4.04. The Balaban J connectivity index is 1.88. The van der Waals surface area contributed by atoms with Gasteiger partial charge in [-0.2, -0.15) is 4.99 Å². The van der Waals surface area contributed by atoms with Crippen LogP contribution in [0.25, 0.3) is 21.5 Å². The van der Waals surface area contributed by atoms with Crippen molar-refractivity contribution in [1.82, 2.24) is 0 Å². The van der Waals surface area contributed by atoms with Crippen LogP contribution in [-0.4, -0.2) is 37.8 Å². The highest BCUT2D eigenvalue weighted by Crippen LogP contribution is 2.47. The van der Waals surface area contributed by atoms with Crippen LogP contribution >= 0.6 is 0 Å². The standard InChI is InChI=1S/C25H23NO5/c1-30-23(28)18-12-19(13-18)25(26-15-27,24(29)31-2)14-22-20-9-5-3-7-16(20)11-17-8-4-6-10-21(17)22/h3-11,18-19H,12-14H2,1-2H3/t18-,19+,25?. The zero-order chi connectivity index (χ0) is 22.0. The van der Waals surface area contributed by atoms with E-state index in [-0.39, 0.29) is 24.2 Å². The maximum atomic E-state index is 13.1. The first-order chi connectivity index (χ1) is 15.0. The summed E-state index contributed by atoms with van der Waals surface area (Å²) in [6.45, 7) is 0. The Bertz CT molecular complexity index is 1150. The van der Waals surface area contributed by atoms with Gasteiger partial charge in [0.1, 0.15) is 0 Å². The van der Waals surface area contributed by atoms with Crippen molar-refractivity contribution in [2.24, 2.45) is 16.8 Å². The molecular weight excluding hydrogens is 394 g/mol. The molecule has 1 atom stereocenters. The smallest absolute Gasteiger partial charge is 0.335 e. The van der Waals surface area contributed by atoms with E-state index in [1.807, 2.05) is 48.5 Å². The van der Waals surface area contributed by atoms with Crippen LogP contribution in [-0.2, 0) is 30.3 Å². The second-order valence-electron chi connectivity index (χ2n) is 7.98. The SMILES string of the molecule is COC(=O)C(Cc1c2ccccc2cc2ccccc12)(N=C=O)[C@H]1C[C@@H](C(=O)OC)C1. The number of benzene rings is 3. The predicted molar refractivity (Wildman–Crippen MR) is 116 cm³/mol. The predicted octanol–water partition coefficient (Wildman–Crippen LogP) is 3.98. The molecule has 0 radical (unpaired) electrons. The summed E-state index contributed by atoms with van der Waals surface area (Å²) in [6.07, 6.45) is 2.58. The molecular formula is C25H23NO5. The molecule has 0 N–H and O–H groups in total. The van der Waals surface area contributed by atoms with Gasteiger partial charge in [0.25, 0.3) is 0 Å². The highest BCUT2D eigenvalue weighted by molar-refractivity contribution is 6.03. The van der Waals surface area contributed by atoms with E-state index in [4.69, 9.17) is 9.47 Å². The van der Waals surface area contributed by atoms with Gasteiger partial charge in [0, 0.05) is 6.42 Å². The molecule has 0 saturated heterocycles. The van der Waals surface area contributed by atoms with Crippen molar-refractivity contribution in [2.75, 3.05) is 14.2 Å². The van der Waals surface area contributed by atoms with E-state index in [0.717, 1.165) is 27.1 Å². The molecule has 0 aliphatic heterocycles. The van der Waals surface area contributed by atoms with Crippen molar-refractivity contribution < 1.29 is 23.9 Å². The summed E-state index contributed by atoms with van der Waals surface area (Å²) in [4.78, 5) is 40.5. The van der Waals surface area contributed by atoms with Crippen LogP contribution in [0.5, 0.6) is 0 Å². The monoisotopic (exact) mass is 417 g/mol. The number of esters is 2. The molecule has 1 unspecified atom stereocenters. The normalized spacial score (nSPS) is 19.7. The fourth-order valence-electron chi connectivity index (χ4n) is 4.75. The Hall–Kier alpha value is -3.50. The fraction of sp³-hybridized carbons (Fsp3) is 0.320. The molecule has 0 heterocycles. The molecule has 0 aromatic heterocycles. The average Bonchev–Trinajstić information content (AvgIpc) is 2.77. The van der Waals surface area contributed by atoms with Gasteiger partial charge in [-0.3, -0.25) is 4.79 Å². The average molecular weight is 417 g/mol. The number of carbonyl (C=O) groups excluding carboxylic acids is 3. The van der Waals surface area contributed by atoms with Gasteiger partial charge in [-0.05, 0) is 51.9 Å². The second kappa shape index (κ2) is 8.32. The van der Waals surface area contributed by atoms with Crippen molar-refractivity contribution in [1.29, 1.82) is 0 Å². The van der Waals surface area contributed by atoms with Gasteiger partial charge in [-0.1, -0.05) is 48.5 Å². The first kappa shape index (κ1) is 20.8. The highest BCUT2D eigenvalue weighted by Gasteiger charge is 2.54. The van der Waals surface area contributed by atoms with Gasteiger partial charge in [-0.25, -0.2) is 9.59 Å². The number of hydrogen-bond acceptors (Lipinski definition) is 6. The fourth-order valence-corrected chi connectivity index (χ4v) is 4.75. The number of rotatable bonds is 6. The minimum atomic E-state index is -1.45. The van der Waals surface area contributed by atoms with E-state index in [9.17, 15) is 14.4 Å². The molecule has 1 fully saturated rings. The molecule has 158 valence electrons. The summed E-state index contributed by atoms with van der Waals surface area (Å²) in [5.74, 6) is -1.56. The number of fused-ring (bicyclic) bond motifs is 2. The van der Waals surface area contributed by atoms with Gasteiger partial charge in [0.05, 0.1) is 20.1 Å². The minimum Gasteiger partial charge on any atom is -0.469 e. The summed E-state index contributed by atoms with van der Waals surface area (Å²) in [6, 6.07) is 18.0. The number of nitrogens with zero attached hydrogens (tertiary/aromatic N) is 1. The maximum Gasteiger partial charge on any atom is 0.335 e. The van der Waals surface area contributed by atoms with E-state index in [1.165, 1.54) is 14.2 Å². The van der Waals surface area contributed by atoms with E-state index >= 15 is 0 Å². The summed E-state index contributed by atoms with van der Waals surface area (Å²) >= 11 is 0. The topological polar surface area (TPSA) is 82.0 Å². The zero-order valence-electron chi connectivity index (χ0n) is 17.5. The van der Waals surface area contributed by atoms with Crippen LogP contribution in [0.15, 0.2) is 59.6 Å². The third-order valence-electron chi connectivity index (χ3n) is 6.46. The first-order valence-corrected chi connectivity index (χ1v) is 10.2. The molecule has 1 aliphatic carbocycles. The minimum absolute atomic E-state index is 0.176. The Kier molecular flexibility index (Phi) is 5.57. The van der Waals surface area contributed by atoms with Gasteiger partial charge in [0.15, 0.2) is 5.54 Å². The van der Waals surface area contributed by atoms with Crippen molar-refractivity contribution >= 4 is 39.6 Å². The van der Waals surface area contributed by atoms with Gasteiger partial charge >= 0.3 is 11.9 Å². The Morgan fingerprint density at radius 2 is 1.58 bits per heavy atom. The van der Waals surface area contributed by atoms with E-state index in [2.05, 4.69) is 11.1 Å². The number of isocyanates is 1. The quantitative estimate of drug-likeness (QED) is 0.262. The largest absolute Gasteiger partial charge is 0.469 e. The number of methoxy groups -OCH3 is 2. The highest BCUT2D eigenvalue weighted by atomic mass is 16.5. The van der Waals surface area contributed by atoms with Crippen LogP contribution < -0.4 is 0 Å². The lowest BCUT2D eigenvalue weighted by Gasteiger charge is -2.43. The van der Waals surface area contributed by atoms with E-state index < -0.39 is 11.5 Å². The third kappa shape index (κ3) is 3.49. The van der Waals surface area contributed by atoms with Crippen LogP contribution in [0.1, 0.15) is 18.4 Å². The molecule has 0 amide bonds. The van der Waals surface area contributed by atoms with E-state index in [1.54, 1.807) is 6.08 Å². The lowest BCUT2D eigenvalue weighted by molar-refractivity contribution is -0.159. The van der Waals surface area contributed by atoms with Crippen molar-refractivity contribution in [2.45, 2.75) is 24.8 Å². The number of ether oxygens (including phenoxy) is 2. The van der Waals surface area contributed by atoms with Crippen LogP contribution in [0.2, 0.25) is 0 Å². The Morgan fingerprint density at radius 3 is 2.10 bits per heavy atom. The molecule has 4 rings (SSSR count). The van der Waals surface area contributed by atoms with Crippen molar-refractivity contribution in [3.05, 3.63) is 60.2 Å². The van der Waals surface area contributed by atoms with Gasteiger partial charge < -0.3 is 9.47 Å². The lowest BCUT2D eigenvalue weighted by Crippen LogP contribution is -2.53. The molecule has 1 aliphatic rings. The van der Waals surface area contributed by atoms with Crippen molar-refractivity contribution in [3.8, 4) is 0 Å². The molecule has 6 heteroatoms. The maximum absolute atomic E-state index is 13.1. The van der Waals surface area contributed by atoms with Crippen LogP contribution in [0.4, 0.5) is 0 Å². The molecule has 3 aromatic rings. The lowest BCUT2D eigenvalue weighted by atomic mass is 9.62. The Morgan fingerprint density at radius 1 is 1.00 bits per heavy atom. The second-order valence-corrected chi connectivity index (χ2v) is 7.98. The Labute approximate surface area is 179 Å². The molecule has 3 aromatic carbocycles. The number of aliphatic imine (C=N–C) groups is 1. The summed E-state index contributed by atoms with van der Waals surface area (Å²) in [7, 11) is 2.63.